The summed E-state index contributed by atoms with van der Waals surface area (Å²) in [4.78, 5) is 70.5. The van der Waals surface area contributed by atoms with Crippen LogP contribution in [0, 0.1) is 0 Å². The number of thiophene rings is 1. The number of imide groups is 2. The summed E-state index contributed by atoms with van der Waals surface area (Å²) in [5, 5.41) is 14.7. The number of carbonyl (C=O) groups excluding carboxylic acids is 5. The largest absolute Gasteiger partial charge is 0.343 e. The van der Waals surface area contributed by atoms with Crippen LogP contribution in [-0.2, 0) is 26.7 Å². The van der Waals surface area contributed by atoms with Gasteiger partial charge in [-0.3, -0.25) is 39.2 Å². The Morgan fingerprint density at radius 1 is 1.07 bits per heavy atom. The molecule has 2 aromatic carbocycles. The van der Waals surface area contributed by atoms with E-state index in [-0.39, 0.29) is 36.4 Å². The van der Waals surface area contributed by atoms with E-state index < -0.39 is 35.7 Å². The van der Waals surface area contributed by atoms with Crippen LogP contribution in [0.15, 0.2) is 84.1 Å². The molecule has 1 saturated heterocycles. The maximum Gasteiger partial charge on any atom is 0.263 e. The van der Waals surface area contributed by atoms with Gasteiger partial charge in [-0.2, -0.15) is 0 Å². The number of thioether (sulfide) groups is 1. The van der Waals surface area contributed by atoms with Crippen LogP contribution in [0.3, 0.4) is 0 Å². The van der Waals surface area contributed by atoms with Gasteiger partial charge in [-0.05, 0) is 47.7 Å². The van der Waals surface area contributed by atoms with Crippen molar-refractivity contribution in [3.05, 3.63) is 107 Å². The molecule has 46 heavy (non-hydrogen) atoms. The number of nitrogens with one attached hydrogen (secondary N) is 2. The van der Waals surface area contributed by atoms with E-state index in [1.807, 2.05) is 36.4 Å². The second kappa shape index (κ2) is 12.3. The average molecular weight is 652 g/mol. The Bertz CT molecular complexity index is 1990. The van der Waals surface area contributed by atoms with E-state index in [2.05, 4.69) is 32.0 Å². The normalized spacial score (nSPS) is 16.9. The molecule has 7 rings (SSSR count). The van der Waals surface area contributed by atoms with Gasteiger partial charge < -0.3 is 5.32 Å². The van der Waals surface area contributed by atoms with Crippen molar-refractivity contribution in [2.75, 3.05) is 0 Å². The standard InChI is InChI=1S/C32H25N7O5S2/c40-26-11-10-22(30(42)35-26)39-31(43)21-7-3-9-24(28(21)32(39)44)45-17-20-15-38(37-36-20)16-27(41)34-29(19-6-4-12-33-14-19)25-13-18-5-1-2-8-23(18)46-25/h1-9,12-15,22,29H,10-11,16-17H2,(H,34,41)(H,35,40,42). The van der Waals surface area contributed by atoms with Gasteiger partial charge in [0.2, 0.25) is 17.7 Å². The zero-order valence-corrected chi connectivity index (χ0v) is 25.7. The molecule has 0 saturated carbocycles. The molecule has 2 aliphatic rings. The summed E-state index contributed by atoms with van der Waals surface area (Å²) in [7, 11) is 0. The quantitative estimate of drug-likeness (QED) is 0.180. The third-order valence-corrected chi connectivity index (χ3v) is 10.0. The van der Waals surface area contributed by atoms with Gasteiger partial charge in [0.1, 0.15) is 12.6 Å². The van der Waals surface area contributed by atoms with Crippen LogP contribution in [0.4, 0.5) is 0 Å². The molecule has 0 aliphatic carbocycles. The third-order valence-electron chi connectivity index (χ3n) is 7.75. The van der Waals surface area contributed by atoms with Crippen molar-refractivity contribution in [3.8, 4) is 0 Å². The fourth-order valence-electron chi connectivity index (χ4n) is 5.60. The van der Waals surface area contributed by atoms with Crippen LogP contribution < -0.4 is 10.6 Å². The van der Waals surface area contributed by atoms with Gasteiger partial charge in [0.05, 0.1) is 22.9 Å². The highest BCUT2D eigenvalue weighted by Crippen LogP contribution is 2.36. The topological polar surface area (TPSA) is 156 Å². The Morgan fingerprint density at radius 2 is 1.93 bits per heavy atom. The number of hydrogen-bond acceptors (Lipinski definition) is 10. The van der Waals surface area contributed by atoms with Gasteiger partial charge in [0.25, 0.3) is 11.8 Å². The molecule has 2 atom stereocenters. The Hall–Kier alpha value is -5.21. The number of benzene rings is 2. The molecule has 14 heteroatoms. The number of piperidine rings is 1. The molecule has 230 valence electrons. The van der Waals surface area contributed by atoms with E-state index in [1.165, 1.54) is 16.4 Å². The minimum atomic E-state index is -1.04. The molecule has 5 heterocycles. The zero-order chi connectivity index (χ0) is 31.8. The smallest absolute Gasteiger partial charge is 0.263 e. The number of fused-ring (bicyclic) bond motifs is 2. The Kier molecular flexibility index (Phi) is 7.88. The highest BCUT2D eigenvalue weighted by Gasteiger charge is 2.45. The summed E-state index contributed by atoms with van der Waals surface area (Å²) in [5.74, 6) is -2.15. The van der Waals surface area contributed by atoms with Crippen LogP contribution in [0.5, 0.6) is 0 Å². The fraction of sp³-hybridized carbons (Fsp3) is 0.188. The predicted molar refractivity (Wildman–Crippen MR) is 169 cm³/mol. The molecule has 0 spiro atoms. The first-order chi connectivity index (χ1) is 22.4. The van der Waals surface area contributed by atoms with Gasteiger partial charge >= 0.3 is 0 Å². The summed E-state index contributed by atoms with van der Waals surface area (Å²) in [6.07, 6.45) is 5.23. The first kappa shape index (κ1) is 29.5. The first-order valence-electron chi connectivity index (χ1n) is 14.4. The SMILES string of the molecule is O=C1CCC(N2C(=O)c3cccc(SCc4cn(CC(=O)NC(c5cccnc5)c5cc6ccccc6s5)nn4)c3C2=O)C(=O)N1. The van der Waals surface area contributed by atoms with E-state index in [1.54, 1.807) is 48.1 Å². The molecule has 12 nitrogen and oxygen atoms in total. The second-order valence-electron chi connectivity index (χ2n) is 10.8. The van der Waals surface area contributed by atoms with Crippen LogP contribution in [-0.4, -0.2) is 60.5 Å². The van der Waals surface area contributed by atoms with Gasteiger partial charge in [-0.1, -0.05) is 35.5 Å². The molecular weight excluding hydrogens is 627 g/mol. The molecule has 5 aromatic rings. The van der Waals surface area contributed by atoms with E-state index in [9.17, 15) is 24.0 Å². The summed E-state index contributed by atoms with van der Waals surface area (Å²) in [6.45, 7) is -0.0615. The molecule has 2 aliphatic heterocycles. The Morgan fingerprint density at radius 3 is 2.74 bits per heavy atom. The summed E-state index contributed by atoms with van der Waals surface area (Å²) in [5.41, 5.74) is 1.86. The Labute approximate surface area is 270 Å². The summed E-state index contributed by atoms with van der Waals surface area (Å²) >= 11 is 2.91. The van der Waals surface area contributed by atoms with Crippen molar-refractivity contribution in [2.45, 2.75) is 42.1 Å². The van der Waals surface area contributed by atoms with E-state index in [0.29, 0.717) is 16.3 Å². The minimum Gasteiger partial charge on any atom is -0.343 e. The van der Waals surface area contributed by atoms with Gasteiger partial charge in [-0.15, -0.1) is 28.2 Å². The number of nitrogens with zero attached hydrogens (tertiary/aromatic N) is 5. The minimum absolute atomic E-state index is 0.0499. The molecule has 2 N–H and O–H groups in total. The van der Waals surface area contributed by atoms with Crippen molar-refractivity contribution in [3.63, 3.8) is 0 Å². The maximum absolute atomic E-state index is 13.4. The molecule has 2 unspecified atom stereocenters. The lowest BCUT2D eigenvalue weighted by Crippen LogP contribution is -2.54. The number of aromatic nitrogens is 4. The van der Waals surface area contributed by atoms with Crippen molar-refractivity contribution in [2.24, 2.45) is 0 Å². The molecule has 3 aromatic heterocycles. The van der Waals surface area contributed by atoms with Gasteiger partial charge in [0.15, 0.2) is 0 Å². The third kappa shape index (κ3) is 5.68. The van der Waals surface area contributed by atoms with E-state index >= 15 is 0 Å². The lowest BCUT2D eigenvalue weighted by Gasteiger charge is -2.27. The van der Waals surface area contributed by atoms with E-state index in [4.69, 9.17) is 0 Å². The van der Waals surface area contributed by atoms with Crippen molar-refractivity contribution >= 4 is 62.7 Å². The van der Waals surface area contributed by atoms with Crippen LogP contribution in [0.2, 0.25) is 0 Å². The van der Waals surface area contributed by atoms with Gasteiger partial charge in [-0.25, -0.2) is 4.68 Å². The van der Waals surface area contributed by atoms with Crippen LogP contribution in [0.25, 0.3) is 10.1 Å². The lowest BCUT2D eigenvalue weighted by molar-refractivity contribution is -0.136. The molecule has 0 radical (unpaired) electrons. The summed E-state index contributed by atoms with van der Waals surface area (Å²) in [6, 6.07) is 17.4. The maximum atomic E-state index is 13.4. The number of hydrogen-bond donors (Lipinski definition) is 2. The van der Waals surface area contributed by atoms with E-state index in [0.717, 1.165) is 25.4 Å². The molecular formula is C32H25N7O5S2. The molecule has 1 fully saturated rings. The number of pyridine rings is 1. The van der Waals surface area contributed by atoms with Crippen molar-refractivity contribution in [1.29, 1.82) is 0 Å². The predicted octanol–water partition coefficient (Wildman–Crippen LogP) is 3.49. The van der Waals surface area contributed by atoms with Gasteiger partial charge in [0, 0.05) is 45.2 Å². The van der Waals surface area contributed by atoms with Crippen LogP contribution >= 0.6 is 23.1 Å². The fourth-order valence-corrected chi connectivity index (χ4v) is 7.70. The monoisotopic (exact) mass is 651 g/mol. The van der Waals surface area contributed by atoms with Crippen LogP contribution in [0.1, 0.15) is 55.7 Å². The van der Waals surface area contributed by atoms with Crippen molar-refractivity contribution in [1.82, 2.24) is 35.5 Å². The lowest BCUT2D eigenvalue weighted by atomic mass is 10.0. The Balaban J connectivity index is 1.03. The zero-order valence-electron chi connectivity index (χ0n) is 24.1. The molecule has 5 amide bonds. The second-order valence-corrected chi connectivity index (χ2v) is 12.9. The average Bonchev–Trinajstić information content (AvgIpc) is 3.76. The number of amides is 5. The number of rotatable bonds is 9. The highest BCUT2D eigenvalue weighted by molar-refractivity contribution is 7.98. The summed E-state index contributed by atoms with van der Waals surface area (Å²) < 4.78 is 2.57. The first-order valence-corrected chi connectivity index (χ1v) is 16.2. The van der Waals surface area contributed by atoms with Crippen molar-refractivity contribution < 1.29 is 24.0 Å². The highest BCUT2D eigenvalue weighted by atomic mass is 32.2. The molecule has 0 bridgehead atoms. The number of carbonyl (C=O) groups is 5.